The maximum atomic E-state index is 8.44. The smallest absolute Gasteiger partial charge is 0.0622 e. The minimum absolute atomic E-state index is 0.0389. The third-order valence-electron chi connectivity index (χ3n) is 2.17. The van der Waals surface area contributed by atoms with Gasteiger partial charge in [0.25, 0.3) is 0 Å². The second-order valence-electron chi connectivity index (χ2n) is 3.18. The molecule has 1 aromatic carbocycles. The lowest BCUT2D eigenvalue weighted by Crippen LogP contribution is -2.09. The van der Waals surface area contributed by atoms with Crippen LogP contribution in [0.5, 0.6) is 0 Å². The molecule has 0 aromatic heterocycles. The average Bonchev–Trinajstić information content (AvgIpc) is 2.26. The first-order valence-corrected chi connectivity index (χ1v) is 4.68. The Kier molecular flexibility index (Phi) is 3.96. The number of nitrogens with zero attached hydrogens (tertiary/aromatic N) is 1. The first kappa shape index (κ1) is 10.6. The Balaban J connectivity index is 2.70. The van der Waals surface area contributed by atoms with E-state index in [1.165, 1.54) is 0 Å². The van der Waals surface area contributed by atoms with Crippen LogP contribution in [0.15, 0.2) is 24.3 Å². The van der Waals surface area contributed by atoms with E-state index >= 15 is 0 Å². The van der Waals surface area contributed by atoms with Gasteiger partial charge in [-0.1, -0.05) is 12.1 Å². The van der Waals surface area contributed by atoms with Gasteiger partial charge in [-0.2, -0.15) is 5.26 Å². The van der Waals surface area contributed by atoms with Crippen molar-refractivity contribution in [2.45, 2.75) is 18.9 Å². The molecule has 0 saturated heterocycles. The van der Waals surface area contributed by atoms with Crippen LogP contribution in [-0.2, 0) is 0 Å². The van der Waals surface area contributed by atoms with Crippen LogP contribution in [0.2, 0.25) is 0 Å². The van der Waals surface area contributed by atoms with Gasteiger partial charge in [-0.05, 0) is 24.1 Å². The molecule has 0 radical (unpaired) electrons. The van der Waals surface area contributed by atoms with Crippen molar-refractivity contribution in [3.05, 3.63) is 29.8 Å². The van der Waals surface area contributed by atoms with E-state index in [0.717, 1.165) is 11.3 Å². The second kappa shape index (κ2) is 5.25. The number of nitrogens with two attached hydrogens (primary N) is 1. The van der Waals surface area contributed by atoms with Crippen molar-refractivity contribution in [3.8, 4) is 6.07 Å². The molecule has 0 heterocycles. The van der Waals surface area contributed by atoms with Gasteiger partial charge in [0.05, 0.1) is 6.07 Å². The van der Waals surface area contributed by atoms with Gasteiger partial charge in [-0.15, -0.1) is 0 Å². The van der Waals surface area contributed by atoms with E-state index in [1.54, 1.807) is 0 Å². The van der Waals surface area contributed by atoms with Crippen LogP contribution < -0.4 is 11.1 Å². The quantitative estimate of drug-likeness (QED) is 0.761. The van der Waals surface area contributed by atoms with Crippen LogP contribution in [0.4, 0.5) is 5.69 Å². The summed E-state index contributed by atoms with van der Waals surface area (Å²) in [6.07, 6.45) is 1.22. The Labute approximate surface area is 84.5 Å². The SMILES string of the molecule is CNc1cccc([C@@H](N)CCC#N)c1. The lowest BCUT2D eigenvalue weighted by Gasteiger charge is -2.11. The fraction of sp³-hybridized carbons (Fsp3) is 0.364. The normalized spacial score (nSPS) is 11.8. The monoisotopic (exact) mass is 189 g/mol. The van der Waals surface area contributed by atoms with Crippen LogP contribution in [-0.4, -0.2) is 7.05 Å². The molecule has 1 rings (SSSR count). The molecule has 0 saturated carbocycles. The predicted octanol–water partition coefficient (Wildman–Crippen LogP) is 2.03. The highest BCUT2D eigenvalue weighted by Gasteiger charge is 2.05. The molecule has 0 bridgehead atoms. The largest absolute Gasteiger partial charge is 0.388 e. The van der Waals surface area contributed by atoms with Gasteiger partial charge < -0.3 is 11.1 Å². The molecule has 1 atom stereocenters. The molecule has 0 aliphatic rings. The van der Waals surface area contributed by atoms with E-state index in [-0.39, 0.29) is 6.04 Å². The third kappa shape index (κ3) is 2.75. The maximum absolute atomic E-state index is 8.44. The Bertz CT molecular complexity index is 328. The molecule has 1 aromatic rings. The van der Waals surface area contributed by atoms with Crippen molar-refractivity contribution < 1.29 is 0 Å². The van der Waals surface area contributed by atoms with Gasteiger partial charge in [0.2, 0.25) is 0 Å². The number of rotatable bonds is 4. The maximum Gasteiger partial charge on any atom is 0.0622 e. The highest BCUT2D eigenvalue weighted by Crippen LogP contribution is 2.18. The average molecular weight is 189 g/mol. The number of hydrogen-bond donors (Lipinski definition) is 2. The van der Waals surface area contributed by atoms with E-state index in [2.05, 4.69) is 11.4 Å². The summed E-state index contributed by atoms with van der Waals surface area (Å²) in [6.45, 7) is 0. The molecule has 0 amide bonds. The van der Waals surface area contributed by atoms with Crippen molar-refractivity contribution in [3.63, 3.8) is 0 Å². The van der Waals surface area contributed by atoms with Crippen molar-refractivity contribution >= 4 is 5.69 Å². The van der Waals surface area contributed by atoms with Gasteiger partial charge in [0, 0.05) is 25.2 Å². The summed E-state index contributed by atoms with van der Waals surface area (Å²) in [4.78, 5) is 0. The molecule has 14 heavy (non-hydrogen) atoms. The summed E-state index contributed by atoms with van der Waals surface area (Å²) >= 11 is 0. The molecule has 3 nitrogen and oxygen atoms in total. The summed E-state index contributed by atoms with van der Waals surface area (Å²) < 4.78 is 0. The zero-order chi connectivity index (χ0) is 10.4. The summed E-state index contributed by atoms with van der Waals surface area (Å²) in [5.74, 6) is 0. The predicted molar refractivity (Wildman–Crippen MR) is 57.8 cm³/mol. The van der Waals surface area contributed by atoms with Crippen molar-refractivity contribution in [1.29, 1.82) is 5.26 Å². The first-order valence-electron chi connectivity index (χ1n) is 4.68. The Morgan fingerprint density at radius 3 is 3.00 bits per heavy atom. The summed E-state index contributed by atoms with van der Waals surface area (Å²) in [7, 11) is 1.87. The van der Waals surface area contributed by atoms with Gasteiger partial charge in [-0.3, -0.25) is 0 Å². The van der Waals surface area contributed by atoms with Crippen molar-refractivity contribution in [1.82, 2.24) is 0 Å². The Hall–Kier alpha value is -1.53. The van der Waals surface area contributed by atoms with Crippen molar-refractivity contribution in [2.24, 2.45) is 5.73 Å². The number of nitrogens with one attached hydrogen (secondary N) is 1. The second-order valence-corrected chi connectivity index (χ2v) is 3.18. The van der Waals surface area contributed by atoms with Crippen LogP contribution in [0.3, 0.4) is 0 Å². The fourth-order valence-electron chi connectivity index (χ4n) is 1.31. The zero-order valence-corrected chi connectivity index (χ0v) is 8.33. The van der Waals surface area contributed by atoms with Gasteiger partial charge in [-0.25, -0.2) is 0 Å². The molecule has 0 fully saturated rings. The molecule has 0 unspecified atom stereocenters. The standard InChI is InChI=1S/C11H15N3/c1-14-10-5-2-4-9(8-10)11(13)6-3-7-12/h2,4-5,8,11,14H,3,6,13H2,1H3/t11-/m0/s1. The highest BCUT2D eigenvalue weighted by atomic mass is 14.8. The molecule has 3 heteroatoms. The highest BCUT2D eigenvalue weighted by molar-refractivity contribution is 5.45. The molecule has 74 valence electrons. The topological polar surface area (TPSA) is 61.8 Å². The van der Waals surface area contributed by atoms with Gasteiger partial charge >= 0.3 is 0 Å². The van der Waals surface area contributed by atoms with E-state index in [0.29, 0.717) is 12.8 Å². The van der Waals surface area contributed by atoms with Gasteiger partial charge in [0.1, 0.15) is 0 Å². The first-order chi connectivity index (χ1) is 6.77. The summed E-state index contributed by atoms with van der Waals surface area (Å²) in [5, 5.41) is 11.5. The molecule has 0 spiro atoms. The summed E-state index contributed by atoms with van der Waals surface area (Å²) in [5.41, 5.74) is 8.05. The Morgan fingerprint density at radius 1 is 1.57 bits per heavy atom. The van der Waals surface area contributed by atoms with E-state index in [4.69, 9.17) is 11.0 Å². The minimum atomic E-state index is -0.0389. The lowest BCUT2D eigenvalue weighted by molar-refractivity contribution is 0.665. The third-order valence-corrected chi connectivity index (χ3v) is 2.17. The van der Waals surface area contributed by atoms with Gasteiger partial charge in [0.15, 0.2) is 0 Å². The van der Waals surface area contributed by atoms with Crippen LogP contribution in [0, 0.1) is 11.3 Å². The molecule has 0 aliphatic carbocycles. The number of benzene rings is 1. The Morgan fingerprint density at radius 2 is 2.36 bits per heavy atom. The zero-order valence-electron chi connectivity index (χ0n) is 8.33. The number of anilines is 1. The number of hydrogen-bond acceptors (Lipinski definition) is 3. The van der Waals surface area contributed by atoms with E-state index in [9.17, 15) is 0 Å². The van der Waals surface area contributed by atoms with Crippen LogP contribution in [0.1, 0.15) is 24.4 Å². The van der Waals surface area contributed by atoms with E-state index < -0.39 is 0 Å². The fourth-order valence-corrected chi connectivity index (χ4v) is 1.31. The lowest BCUT2D eigenvalue weighted by atomic mass is 10.0. The number of nitriles is 1. The minimum Gasteiger partial charge on any atom is -0.388 e. The summed E-state index contributed by atoms with van der Waals surface area (Å²) in [6, 6.07) is 10.0. The molecule has 0 aliphatic heterocycles. The van der Waals surface area contributed by atoms with Crippen LogP contribution >= 0.6 is 0 Å². The van der Waals surface area contributed by atoms with E-state index in [1.807, 2.05) is 31.3 Å². The molecular weight excluding hydrogens is 174 g/mol. The molecular formula is C11H15N3. The van der Waals surface area contributed by atoms with Crippen LogP contribution in [0.25, 0.3) is 0 Å². The molecule has 3 N–H and O–H groups in total. The van der Waals surface area contributed by atoms with Crippen molar-refractivity contribution in [2.75, 3.05) is 12.4 Å².